The summed E-state index contributed by atoms with van der Waals surface area (Å²) >= 11 is 18.1. The van der Waals surface area contributed by atoms with Gasteiger partial charge in [0.1, 0.15) is 0 Å². The van der Waals surface area contributed by atoms with E-state index in [9.17, 15) is 0 Å². The van der Waals surface area contributed by atoms with Crippen LogP contribution in [0.15, 0.2) is 388 Å². The van der Waals surface area contributed by atoms with Crippen molar-refractivity contribution in [2.45, 2.75) is 35.1 Å². The zero-order chi connectivity index (χ0) is 70.2. The number of para-hydroxylation sites is 6. The van der Waals surface area contributed by atoms with Gasteiger partial charge in [-0.2, -0.15) is 0 Å². The highest BCUT2D eigenvalue weighted by molar-refractivity contribution is 6.31. The van der Waals surface area contributed by atoms with Gasteiger partial charge in [0.25, 0.3) is 0 Å². The maximum absolute atomic E-state index is 6.05. The number of hydrogen-bond donors (Lipinski definition) is 0. The van der Waals surface area contributed by atoms with E-state index in [1.807, 2.05) is 109 Å². The van der Waals surface area contributed by atoms with E-state index >= 15 is 0 Å². The molecule has 15 aromatic carbocycles. The fourth-order valence-corrected chi connectivity index (χ4v) is 13.1. The van der Waals surface area contributed by atoms with Gasteiger partial charge in [-0.3, -0.25) is 0 Å². The first-order valence-corrected chi connectivity index (χ1v) is 35.2. The third kappa shape index (κ3) is 17.5. The number of hydrogen-bond acceptors (Lipinski definition) is 5. The Balaban J connectivity index is 0.000000184. The first kappa shape index (κ1) is 71.0. The molecule has 0 saturated carbocycles. The molecular weight excluding hydrogens is 1320 g/mol. The molecule has 0 saturated heterocycles. The predicted molar refractivity (Wildman–Crippen MR) is 444 cm³/mol. The normalized spacial score (nSPS) is 10.6. The third-order valence-electron chi connectivity index (χ3n) is 17.7. The molecule has 0 heterocycles. The molecule has 0 amide bonds. The largest absolute Gasteiger partial charge is 0.311 e. The summed E-state index contributed by atoms with van der Waals surface area (Å²) in [5, 5.41) is 2.20. The average molecular weight is 1400 g/mol. The molecule has 0 aliphatic heterocycles. The van der Waals surface area contributed by atoms with E-state index in [4.69, 9.17) is 34.8 Å². The second-order valence-electron chi connectivity index (χ2n) is 24.9. The molecule has 8 heteroatoms. The van der Waals surface area contributed by atoms with Crippen molar-refractivity contribution in [3.8, 4) is 22.3 Å². The molecule has 0 unspecified atom stereocenters. The van der Waals surface area contributed by atoms with Gasteiger partial charge in [-0.05, 0) is 267 Å². The summed E-state index contributed by atoms with van der Waals surface area (Å²) in [6, 6.07) is 135. The summed E-state index contributed by atoms with van der Waals surface area (Å²) in [5.74, 6) is 0. The quantitative estimate of drug-likeness (QED) is 0.0900. The topological polar surface area (TPSA) is 16.2 Å². The van der Waals surface area contributed by atoms with Crippen molar-refractivity contribution in [1.29, 1.82) is 0 Å². The zero-order valence-electron chi connectivity index (χ0n) is 57.3. The van der Waals surface area contributed by atoms with Crippen molar-refractivity contribution in [3.05, 3.63) is 426 Å². The predicted octanol–water partition coefficient (Wildman–Crippen LogP) is 29.6. The Hall–Kier alpha value is -11.8. The van der Waals surface area contributed by atoms with Crippen molar-refractivity contribution in [3.63, 3.8) is 0 Å². The molecule has 5 nitrogen and oxygen atoms in total. The van der Waals surface area contributed by atoms with Crippen molar-refractivity contribution in [2.75, 3.05) is 24.5 Å². The molecule has 506 valence electrons. The van der Waals surface area contributed by atoms with Gasteiger partial charge in [-0.25, -0.2) is 0 Å². The minimum atomic E-state index is 0. The number of rotatable bonds is 17. The molecule has 0 N–H and O–H groups in total. The Morgan fingerprint density at radius 3 is 0.524 bits per heavy atom. The molecule has 0 aliphatic rings. The molecule has 0 radical (unpaired) electrons. The van der Waals surface area contributed by atoms with E-state index in [2.05, 4.69) is 331 Å². The van der Waals surface area contributed by atoms with Crippen molar-refractivity contribution in [1.82, 2.24) is 0 Å². The number of halogens is 3. The monoisotopic (exact) mass is 1400 g/mol. The molecule has 0 bridgehead atoms. The Bertz CT molecular complexity index is 4780. The standard InChI is InChI=1S/C56H45N3.C20H17Cl2N.C18H14ClN.CH4/c1-42-23-40-56(43(2)41-42)59(54-36-28-46(29-37-54)44-24-32-52(33-25-44)57(48-15-7-3-8-16-48)49-17-9-4-10-18-49)55-38-30-47(31-39-55)45-26-34-53(35-27-45)58(50-19-11-5-12-20-50)51-21-13-6-14-22-51;1-14-3-12-20(15(2)13-14)23(18-8-4-16(21)5-9-18)19-10-6-17(22)7-11-19;19-15-11-13-18(14-12-15)20(16-7-3-1-4-8-16)17-9-5-2-6-10-17;/h3-41H,1-2H3;3-13H,1-2H3;1-14H;1H4. The van der Waals surface area contributed by atoms with E-state index in [-0.39, 0.29) is 7.43 Å². The SMILES string of the molecule is C.Cc1ccc(N(c2ccc(-c3ccc(N(c4ccccc4)c4ccccc4)cc3)cc2)c2ccc(-c3ccc(N(c4ccccc4)c4ccccc4)cc3)cc2)c(C)c1.Cc1ccc(N(c2ccc(Cl)cc2)c2ccc(Cl)cc2)c(C)c1.Clc1ccc(N(c2ccccc2)c2ccccc2)cc1. The second kappa shape index (κ2) is 34.0. The van der Waals surface area contributed by atoms with Crippen LogP contribution in [0.2, 0.25) is 15.1 Å². The Morgan fingerprint density at radius 2 is 0.340 bits per heavy atom. The summed E-state index contributed by atoms with van der Waals surface area (Å²) in [5.41, 5.74) is 26.3. The maximum atomic E-state index is 6.05. The van der Waals surface area contributed by atoms with E-state index in [1.165, 1.54) is 44.5 Å². The van der Waals surface area contributed by atoms with E-state index in [1.54, 1.807) is 0 Å². The molecule has 15 rings (SSSR count). The lowest BCUT2D eigenvalue weighted by molar-refractivity contribution is 1.24. The summed E-state index contributed by atoms with van der Waals surface area (Å²) in [6.07, 6.45) is 0. The van der Waals surface area contributed by atoms with Gasteiger partial charge in [-0.1, -0.05) is 235 Å². The summed E-state index contributed by atoms with van der Waals surface area (Å²) < 4.78 is 0. The van der Waals surface area contributed by atoms with Crippen molar-refractivity contribution < 1.29 is 0 Å². The Kier molecular flexibility index (Phi) is 23.5. The lowest BCUT2D eigenvalue weighted by Gasteiger charge is -2.28. The lowest BCUT2D eigenvalue weighted by atomic mass is 10.0. The van der Waals surface area contributed by atoms with Gasteiger partial charge in [0, 0.05) is 100 Å². The van der Waals surface area contributed by atoms with Gasteiger partial charge in [0.2, 0.25) is 0 Å². The van der Waals surface area contributed by atoms with Crippen LogP contribution in [0.4, 0.5) is 85.3 Å². The van der Waals surface area contributed by atoms with Crippen LogP contribution in [-0.4, -0.2) is 0 Å². The van der Waals surface area contributed by atoms with Gasteiger partial charge in [-0.15, -0.1) is 0 Å². The van der Waals surface area contributed by atoms with Crippen LogP contribution in [-0.2, 0) is 0 Å². The second-order valence-corrected chi connectivity index (χ2v) is 26.2. The summed E-state index contributed by atoms with van der Waals surface area (Å²) in [4.78, 5) is 11.4. The van der Waals surface area contributed by atoms with Crippen LogP contribution >= 0.6 is 34.8 Å². The van der Waals surface area contributed by atoms with Crippen LogP contribution in [0.25, 0.3) is 22.3 Å². The summed E-state index contributed by atoms with van der Waals surface area (Å²) in [7, 11) is 0. The molecule has 0 fully saturated rings. The molecule has 103 heavy (non-hydrogen) atoms. The van der Waals surface area contributed by atoms with Gasteiger partial charge in [0.05, 0.1) is 0 Å². The highest BCUT2D eigenvalue weighted by atomic mass is 35.5. The van der Waals surface area contributed by atoms with Crippen LogP contribution in [0.3, 0.4) is 0 Å². The molecule has 0 aromatic heterocycles. The Labute approximate surface area is 623 Å². The highest BCUT2D eigenvalue weighted by Gasteiger charge is 2.20. The van der Waals surface area contributed by atoms with Crippen molar-refractivity contribution in [2.24, 2.45) is 0 Å². The van der Waals surface area contributed by atoms with Crippen LogP contribution in [0.1, 0.15) is 29.7 Å². The fraction of sp³-hybridized carbons (Fsp3) is 0.0526. The third-order valence-corrected chi connectivity index (χ3v) is 18.5. The van der Waals surface area contributed by atoms with Gasteiger partial charge in [0.15, 0.2) is 0 Å². The lowest BCUT2D eigenvalue weighted by Crippen LogP contribution is -2.11. The fourth-order valence-electron chi connectivity index (χ4n) is 12.8. The first-order valence-electron chi connectivity index (χ1n) is 34.1. The van der Waals surface area contributed by atoms with E-state index < -0.39 is 0 Å². The van der Waals surface area contributed by atoms with Crippen LogP contribution in [0, 0.1) is 27.7 Å². The van der Waals surface area contributed by atoms with Crippen molar-refractivity contribution >= 4 is 120 Å². The smallest absolute Gasteiger partial charge is 0.0490 e. The van der Waals surface area contributed by atoms with E-state index in [0.717, 1.165) is 100 Å². The van der Waals surface area contributed by atoms with E-state index in [0.29, 0.717) is 0 Å². The molecular formula is C95H80Cl3N5. The van der Waals surface area contributed by atoms with Crippen LogP contribution in [0.5, 0.6) is 0 Å². The molecule has 15 aromatic rings. The average Bonchev–Trinajstić information content (AvgIpc) is 0.802. The van der Waals surface area contributed by atoms with Crippen LogP contribution < -0.4 is 24.5 Å². The number of nitrogens with zero attached hydrogens (tertiary/aromatic N) is 5. The summed E-state index contributed by atoms with van der Waals surface area (Å²) in [6.45, 7) is 8.58. The molecule has 0 atom stereocenters. The maximum Gasteiger partial charge on any atom is 0.0490 e. The number of anilines is 15. The minimum absolute atomic E-state index is 0. The number of benzene rings is 15. The zero-order valence-corrected chi connectivity index (χ0v) is 59.6. The highest BCUT2D eigenvalue weighted by Crippen LogP contribution is 2.43. The molecule has 0 aliphatic carbocycles. The number of aryl methyl sites for hydroxylation is 4. The Morgan fingerprint density at radius 1 is 0.175 bits per heavy atom. The first-order chi connectivity index (χ1) is 50.0. The minimum Gasteiger partial charge on any atom is -0.311 e. The van der Waals surface area contributed by atoms with Gasteiger partial charge < -0.3 is 24.5 Å². The van der Waals surface area contributed by atoms with Gasteiger partial charge >= 0.3 is 0 Å². The molecule has 0 spiro atoms.